The molecule has 140 valence electrons. The summed E-state index contributed by atoms with van der Waals surface area (Å²) in [5, 5.41) is 7.93. The number of halogens is 2. The van der Waals surface area contributed by atoms with Crippen molar-refractivity contribution >= 4 is 33.1 Å². The number of rotatable bonds is 4. The maximum Gasteiger partial charge on any atom is 0.243 e. The van der Waals surface area contributed by atoms with Crippen LogP contribution in [0.5, 0.6) is 0 Å². The van der Waals surface area contributed by atoms with Gasteiger partial charge in [0.05, 0.1) is 21.8 Å². The van der Waals surface area contributed by atoms with Crippen LogP contribution in [0.4, 0.5) is 15.9 Å². The highest BCUT2D eigenvalue weighted by Gasteiger charge is 2.29. The molecule has 0 amide bonds. The molecule has 7 nitrogen and oxygen atoms in total. The van der Waals surface area contributed by atoms with Gasteiger partial charge >= 0.3 is 0 Å². The van der Waals surface area contributed by atoms with Gasteiger partial charge in [0, 0.05) is 46.3 Å². The van der Waals surface area contributed by atoms with Crippen molar-refractivity contribution in [2.45, 2.75) is 4.90 Å². The van der Waals surface area contributed by atoms with E-state index in [1.807, 2.05) is 30.0 Å². The smallest absolute Gasteiger partial charge is 0.243 e. The summed E-state index contributed by atoms with van der Waals surface area (Å²) < 4.78 is 40.1. The Morgan fingerprint density at radius 1 is 1.15 bits per heavy atom. The molecule has 0 unspecified atom stereocenters. The molecule has 3 rings (SSSR count). The van der Waals surface area contributed by atoms with E-state index in [0.29, 0.717) is 32.0 Å². The van der Waals surface area contributed by atoms with Crippen LogP contribution in [0.15, 0.2) is 35.4 Å². The minimum atomic E-state index is -3.72. The van der Waals surface area contributed by atoms with Crippen molar-refractivity contribution in [2.75, 3.05) is 50.1 Å². The zero-order chi connectivity index (χ0) is 18.9. The maximum atomic E-state index is 13.3. The van der Waals surface area contributed by atoms with Crippen LogP contribution in [-0.4, -0.2) is 63.2 Å². The van der Waals surface area contributed by atoms with Crippen molar-refractivity contribution in [1.82, 2.24) is 14.5 Å². The molecule has 2 heterocycles. The Bertz CT molecular complexity index is 901. The maximum absolute atomic E-state index is 13.3. The molecule has 0 aliphatic carbocycles. The predicted octanol–water partition coefficient (Wildman–Crippen LogP) is 1.85. The van der Waals surface area contributed by atoms with E-state index in [-0.39, 0.29) is 9.92 Å². The first-order valence-corrected chi connectivity index (χ1v) is 9.81. The monoisotopic (exact) mass is 399 g/mol. The van der Waals surface area contributed by atoms with E-state index in [9.17, 15) is 12.8 Å². The van der Waals surface area contributed by atoms with E-state index in [4.69, 9.17) is 11.6 Å². The van der Waals surface area contributed by atoms with E-state index < -0.39 is 15.8 Å². The Hall–Kier alpha value is -1.97. The topological polar surface area (TPSA) is 69.6 Å². The minimum absolute atomic E-state index is 0.00764. The molecule has 0 saturated carbocycles. The molecular weight excluding hydrogens is 381 g/mol. The minimum Gasteiger partial charge on any atom is -0.376 e. The van der Waals surface area contributed by atoms with Crippen molar-refractivity contribution in [3.63, 3.8) is 0 Å². The van der Waals surface area contributed by atoms with Gasteiger partial charge in [0.25, 0.3) is 0 Å². The van der Waals surface area contributed by atoms with Gasteiger partial charge in [0.15, 0.2) is 5.82 Å². The molecule has 1 aromatic carbocycles. The average molecular weight is 400 g/mol. The number of sulfonamides is 1. The van der Waals surface area contributed by atoms with Crippen LogP contribution in [0.2, 0.25) is 5.02 Å². The number of piperazine rings is 1. The zero-order valence-corrected chi connectivity index (χ0v) is 16.0. The zero-order valence-electron chi connectivity index (χ0n) is 14.4. The molecule has 1 fully saturated rings. The fourth-order valence-electron chi connectivity index (χ4n) is 2.69. The molecule has 2 aromatic rings. The van der Waals surface area contributed by atoms with Gasteiger partial charge in [-0.05, 0) is 18.2 Å². The molecule has 10 heteroatoms. The summed E-state index contributed by atoms with van der Waals surface area (Å²) in [7, 11) is 0.114. The van der Waals surface area contributed by atoms with Crippen molar-refractivity contribution in [2.24, 2.45) is 0 Å². The highest BCUT2D eigenvalue weighted by molar-refractivity contribution is 7.89. The van der Waals surface area contributed by atoms with Gasteiger partial charge in [-0.2, -0.15) is 9.40 Å². The third-order valence-electron chi connectivity index (χ3n) is 4.24. The summed E-state index contributed by atoms with van der Waals surface area (Å²) in [6, 6.07) is 5.35. The van der Waals surface area contributed by atoms with E-state index >= 15 is 0 Å². The molecule has 1 aliphatic rings. The summed E-state index contributed by atoms with van der Waals surface area (Å²) in [6.45, 7) is 1.57. The van der Waals surface area contributed by atoms with Crippen molar-refractivity contribution in [3.05, 3.63) is 41.3 Å². The van der Waals surface area contributed by atoms with Gasteiger partial charge in [-0.25, -0.2) is 12.8 Å². The number of benzene rings is 1. The Labute approximate surface area is 157 Å². The third-order valence-corrected chi connectivity index (χ3v) is 6.42. The molecule has 1 aliphatic heterocycles. The SMILES string of the molecule is CN(C)c1cnnc(N2CCN(S(=O)(=O)c3ccc(F)c(Cl)c3)CC2)c1. The van der Waals surface area contributed by atoms with Gasteiger partial charge in [-0.1, -0.05) is 11.6 Å². The van der Waals surface area contributed by atoms with E-state index in [2.05, 4.69) is 10.2 Å². The summed E-state index contributed by atoms with van der Waals surface area (Å²) in [5.41, 5.74) is 0.922. The largest absolute Gasteiger partial charge is 0.376 e. The normalized spacial score (nSPS) is 15.9. The lowest BCUT2D eigenvalue weighted by Gasteiger charge is -2.34. The van der Waals surface area contributed by atoms with Crippen LogP contribution in [0.1, 0.15) is 0 Å². The lowest BCUT2D eigenvalue weighted by molar-refractivity contribution is 0.383. The van der Waals surface area contributed by atoms with Crippen LogP contribution in [0.25, 0.3) is 0 Å². The molecule has 1 aromatic heterocycles. The number of nitrogens with zero attached hydrogens (tertiary/aromatic N) is 5. The molecule has 0 spiro atoms. The summed E-state index contributed by atoms with van der Waals surface area (Å²) in [6.07, 6.45) is 1.67. The third kappa shape index (κ3) is 3.74. The first-order valence-electron chi connectivity index (χ1n) is 7.99. The second-order valence-electron chi connectivity index (χ2n) is 6.13. The number of aromatic nitrogens is 2. The lowest BCUT2D eigenvalue weighted by atomic mass is 10.3. The van der Waals surface area contributed by atoms with Gasteiger partial charge < -0.3 is 9.80 Å². The molecular formula is C16H19ClFN5O2S. The van der Waals surface area contributed by atoms with Crippen LogP contribution >= 0.6 is 11.6 Å². The number of anilines is 2. The van der Waals surface area contributed by atoms with Crippen molar-refractivity contribution < 1.29 is 12.8 Å². The second kappa shape index (κ2) is 7.34. The average Bonchev–Trinajstić information content (AvgIpc) is 2.64. The predicted molar refractivity (Wildman–Crippen MR) is 98.7 cm³/mol. The molecule has 0 radical (unpaired) electrons. The Morgan fingerprint density at radius 2 is 1.85 bits per heavy atom. The molecule has 0 atom stereocenters. The summed E-state index contributed by atoms with van der Waals surface area (Å²) in [5.74, 6) is 0.0628. The van der Waals surface area contributed by atoms with Gasteiger partial charge in [-0.15, -0.1) is 5.10 Å². The van der Waals surface area contributed by atoms with Gasteiger partial charge in [0.1, 0.15) is 5.82 Å². The summed E-state index contributed by atoms with van der Waals surface area (Å²) in [4.78, 5) is 3.91. The standard InChI is InChI=1S/C16H19ClFN5O2S/c1-21(2)12-9-16(20-19-11-12)22-5-7-23(8-6-22)26(24,25)13-3-4-15(18)14(17)10-13/h3-4,9-11H,5-8H2,1-2H3. The second-order valence-corrected chi connectivity index (χ2v) is 8.48. The fraction of sp³-hybridized carbons (Fsp3) is 0.375. The Morgan fingerprint density at radius 3 is 2.46 bits per heavy atom. The quantitative estimate of drug-likeness (QED) is 0.781. The number of hydrogen-bond donors (Lipinski definition) is 0. The summed E-state index contributed by atoms with van der Waals surface area (Å²) >= 11 is 5.72. The first kappa shape index (κ1) is 18.8. The van der Waals surface area contributed by atoms with Crippen LogP contribution in [0, 0.1) is 5.82 Å². The highest BCUT2D eigenvalue weighted by Crippen LogP contribution is 2.24. The van der Waals surface area contributed by atoms with Gasteiger partial charge in [-0.3, -0.25) is 0 Å². The number of hydrogen-bond acceptors (Lipinski definition) is 6. The fourth-order valence-corrected chi connectivity index (χ4v) is 4.38. The Kier molecular flexibility index (Phi) is 5.31. The van der Waals surface area contributed by atoms with E-state index in [1.54, 1.807) is 6.20 Å². The molecule has 26 heavy (non-hydrogen) atoms. The first-order chi connectivity index (χ1) is 12.3. The van der Waals surface area contributed by atoms with Crippen LogP contribution in [-0.2, 0) is 10.0 Å². The van der Waals surface area contributed by atoms with E-state index in [0.717, 1.165) is 17.8 Å². The lowest BCUT2D eigenvalue weighted by Crippen LogP contribution is -2.49. The van der Waals surface area contributed by atoms with Gasteiger partial charge in [0.2, 0.25) is 10.0 Å². The molecule has 0 bridgehead atoms. The Balaban J connectivity index is 1.73. The van der Waals surface area contributed by atoms with Crippen LogP contribution in [0.3, 0.4) is 0 Å². The van der Waals surface area contributed by atoms with Crippen molar-refractivity contribution in [3.8, 4) is 0 Å². The molecule has 0 N–H and O–H groups in total. The molecule has 1 saturated heterocycles. The van der Waals surface area contributed by atoms with E-state index in [1.165, 1.54) is 10.4 Å². The van der Waals surface area contributed by atoms with Crippen molar-refractivity contribution in [1.29, 1.82) is 0 Å². The highest BCUT2D eigenvalue weighted by atomic mass is 35.5. The van der Waals surface area contributed by atoms with Crippen LogP contribution < -0.4 is 9.80 Å².